The summed E-state index contributed by atoms with van der Waals surface area (Å²) in [5.74, 6) is 0. The van der Waals surface area contributed by atoms with Crippen LogP contribution in [-0.2, 0) is 18.1 Å². The van der Waals surface area contributed by atoms with E-state index in [-0.39, 0.29) is 6.61 Å². The van der Waals surface area contributed by atoms with Crippen molar-refractivity contribution in [3.8, 4) is 6.07 Å². The summed E-state index contributed by atoms with van der Waals surface area (Å²) in [4.78, 5) is 0. The summed E-state index contributed by atoms with van der Waals surface area (Å²) in [5, 5.41) is 8.35. The summed E-state index contributed by atoms with van der Waals surface area (Å²) < 4.78 is 25.3. The Kier molecular flexibility index (Phi) is 5.11. The van der Waals surface area contributed by atoms with Crippen LogP contribution in [0, 0.1) is 11.3 Å². The topological polar surface area (TPSA) is 68.6 Å². The average Bonchev–Trinajstić information content (AvgIpc) is 2.05. The van der Waals surface area contributed by atoms with Gasteiger partial charge in [-0.15, -0.1) is 0 Å². The highest BCUT2D eigenvalue weighted by molar-refractivity contribution is 7.48. The van der Waals surface area contributed by atoms with Crippen LogP contribution in [0.25, 0.3) is 0 Å². The fourth-order valence-corrected chi connectivity index (χ4v) is 1.50. The predicted octanol–water partition coefficient (Wildman–Crippen LogP) is 1.71. The Labute approximate surface area is 71.8 Å². The summed E-state index contributed by atoms with van der Waals surface area (Å²) in [6.45, 7) is 3.33. The van der Waals surface area contributed by atoms with Crippen LogP contribution in [0.5, 0.6) is 0 Å². The molecule has 0 bridgehead atoms. The molecule has 0 aliphatic rings. The minimum atomic E-state index is -3.50. The molecule has 0 radical (unpaired) electrons. The molecule has 6 heteroatoms. The molecule has 0 saturated carbocycles. The van der Waals surface area contributed by atoms with Gasteiger partial charge in [-0.1, -0.05) is 0 Å². The monoisotopic (exact) mass is 193 g/mol. The maximum absolute atomic E-state index is 11.3. The summed E-state index contributed by atoms with van der Waals surface area (Å²) in [6.07, 6.45) is -0.803. The molecule has 0 aliphatic heterocycles. The minimum absolute atomic E-state index is 0.212. The molecule has 2 atom stereocenters. The van der Waals surface area contributed by atoms with E-state index in [1.54, 1.807) is 13.0 Å². The van der Waals surface area contributed by atoms with Crippen LogP contribution >= 0.6 is 7.82 Å². The third kappa shape index (κ3) is 3.84. The van der Waals surface area contributed by atoms with Gasteiger partial charge < -0.3 is 0 Å². The Morgan fingerprint density at radius 3 is 2.58 bits per heavy atom. The van der Waals surface area contributed by atoms with Crippen LogP contribution in [0.15, 0.2) is 0 Å². The third-order valence-corrected chi connectivity index (χ3v) is 2.58. The second kappa shape index (κ2) is 5.28. The van der Waals surface area contributed by atoms with Crippen LogP contribution in [-0.4, -0.2) is 19.8 Å². The SMILES string of the molecule is CCOP(=O)(OC)OC(C)C#N. The first-order valence-corrected chi connectivity index (χ1v) is 4.92. The predicted molar refractivity (Wildman–Crippen MR) is 42.4 cm³/mol. The maximum atomic E-state index is 11.3. The van der Waals surface area contributed by atoms with Crippen LogP contribution in [0.4, 0.5) is 0 Å². The van der Waals surface area contributed by atoms with E-state index in [9.17, 15) is 4.57 Å². The summed E-state index contributed by atoms with van der Waals surface area (Å²) >= 11 is 0. The van der Waals surface area contributed by atoms with Gasteiger partial charge in [0, 0.05) is 7.11 Å². The lowest BCUT2D eigenvalue weighted by atomic mass is 10.5. The van der Waals surface area contributed by atoms with E-state index in [0.29, 0.717) is 0 Å². The van der Waals surface area contributed by atoms with E-state index in [1.807, 2.05) is 0 Å². The van der Waals surface area contributed by atoms with Gasteiger partial charge in [0.2, 0.25) is 0 Å². The fraction of sp³-hybridized carbons (Fsp3) is 0.833. The standard InChI is InChI=1S/C6H12NO4P/c1-4-10-12(8,9-3)11-6(2)5-7/h6H,4H2,1-3H3. The van der Waals surface area contributed by atoms with Crippen molar-refractivity contribution in [1.82, 2.24) is 0 Å². The van der Waals surface area contributed by atoms with Crippen LogP contribution in [0.2, 0.25) is 0 Å². The number of hydrogen-bond donors (Lipinski definition) is 0. The highest BCUT2D eigenvalue weighted by Gasteiger charge is 2.26. The Morgan fingerprint density at radius 2 is 2.25 bits per heavy atom. The zero-order valence-corrected chi connectivity index (χ0v) is 8.21. The van der Waals surface area contributed by atoms with Gasteiger partial charge in [-0.3, -0.25) is 13.6 Å². The van der Waals surface area contributed by atoms with Crippen molar-refractivity contribution in [3.63, 3.8) is 0 Å². The van der Waals surface area contributed by atoms with Gasteiger partial charge in [-0.2, -0.15) is 5.26 Å². The lowest BCUT2D eigenvalue weighted by Crippen LogP contribution is -2.06. The third-order valence-electron chi connectivity index (χ3n) is 0.980. The van der Waals surface area contributed by atoms with E-state index in [0.717, 1.165) is 0 Å². The van der Waals surface area contributed by atoms with E-state index in [2.05, 4.69) is 4.52 Å². The molecule has 0 rings (SSSR count). The molecule has 0 N–H and O–H groups in total. The first-order chi connectivity index (χ1) is 5.58. The molecule has 70 valence electrons. The molecule has 0 aromatic carbocycles. The molecule has 0 amide bonds. The van der Waals surface area contributed by atoms with Crippen molar-refractivity contribution in [2.45, 2.75) is 20.0 Å². The van der Waals surface area contributed by atoms with Gasteiger partial charge in [0.15, 0.2) is 6.10 Å². The Bertz CT molecular complexity index is 212. The minimum Gasteiger partial charge on any atom is -0.290 e. The lowest BCUT2D eigenvalue weighted by Gasteiger charge is -2.15. The second-order valence-electron chi connectivity index (χ2n) is 1.92. The Hall–Kier alpha value is -0.400. The first kappa shape index (κ1) is 11.6. The fourth-order valence-electron chi connectivity index (χ4n) is 0.502. The molecule has 0 fully saturated rings. The first-order valence-electron chi connectivity index (χ1n) is 3.46. The van der Waals surface area contributed by atoms with E-state index >= 15 is 0 Å². The second-order valence-corrected chi connectivity index (χ2v) is 3.65. The quantitative estimate of drug-likeness (QED) is 0.621. The number of phosphoric acid groups is 1. The van der Waals surface area contributed by atoms with Gasteiger partial charge in [0.05, 0.1) is 12.7 Å². The molecular formula is C6H12NO4P. The average molecular weight is 193 g/mol. The zero-order chi connectivity index (χ0) is 9.61. The molecule has 0 aromatic rings. The van der Waals surface area contributed by atoms with Crippen molar-refractivity contribution in [1.29, 1.82) is 5.26 Å². The van der Waals surface area contributed by atoms with Crippen LogP contribution in [0.3, 0.4) is 0 Å². The number of phosphoric ester groups is 1. The summed E-state index contributed by atoms with van der Waals surface area (Å²) in [6, 6.07) is 1.76. The molecule has 12 heavy (non-hydrogen) atoms. The summed E-state index contributed by atoms with van der Waals surface area (Å²) in [7, 11) is -2.29. The van der Waals surface area contributed by atoms with Crippen molar-refractivity contribution in [3.05, 3.63) is 0 Å². The highest BCUT2D eigenvalue weighted by Crippen LogP contribution is 2.49. The van der Waals surface area contributed by atoms with Gasteiger partial charge in [-0.05, 0) is 13.8 Å². The smallest absolute Gasteiger partial charge is 0.290 e. The Balaban J connectivity index is 4.16. The normalized spacial score (nSPS) is 17.8. The van der Waals surface area contributed by atoms with Crippen molar-refractivity contribution in [2.75, 3.05) is 13.7 Å². The lowest BCUT2D eigenvalue weighted by molar-refractivity contribution is 0.122. The number of nitriles is 1. The molecule has 0 saturated heterocycles. The number of rotatable bonds is 5. The highest BCUT2D eigenvalue weighted by atomic mass is 31.2. The molecule has 0 spiro atoms. The van der Waals surface area contributed by atoms with Crippen molar-refractivity contribution in [2.24, 2.45) is 0 Å². The molecule has 0 aromatic heterocycles. The van der Waals surface area contributed by atoms with E-state index < -0.39 is 13.9 Å². The van der Waals surface area contributed by atoms with Crippen molar-refractivity contribution >= 4 is 7.82 Å². The maximum Gasteiger partial charge on any atom is 0.475 e. The van der Waals surface area contributed by atoms with Crippen LogP contribution < -0.4 is 0 Å². The molecule has 5 nitrogen and oxygen atoms in total. The van der Waals surface area contributed by atoms with Gasteiger partial charge >= 0.3 is 7.82 Å². The van der Waals surface area contributed by atoms with E-state index in [4.69, 9.17) is 14.3 Å². The number of nitrogens with zero attached hydrogens (tertiary/aromatic N) is 1. The molecule has 2 unspecified atom stereocenters. The molecule has 0 aliphatic carbocycles. The number of hydrogen-bond acceptors (Lipinski definition) is 5. The van der Waals surface area contributed by atoms with Gasteiger partial charge in [0.25, 0.3) is 0 Å². The molecule has 0 heterocycles. The zero-order valence-electron chi connectivity index (χ0n) is 7.31. The molecular weight excluding hydrogens is 181 g/mol. The van der Waals surface area contributed by atoms with Gasteiger partial charge in [-0.25, -0.2) is 4.57 Å². The largest absolute Gasteiger partial charge is 0.475 e. The Morgan fingerprint density at radius 1 is 1.67 bits per heavy atom. The van der Waals surface area contributed by atoms with E-state index in [1.165, 1.54) is 14.0 Å². The van der Waals surface area contributed by atoms with Crippen molar-refractivity contribution < 1.29 is 18.1 Å². The van der Waals surface area contributed by atoms with Gasteiger partial charge in [0.1, 0.15) is 0 Å². The van der Waals surface area contributed by atoms with Crippen LogP contribution in [0.1, 0.15) is 13.8 Å². The summed E-state index contributed by atoms with van der Waals surface area (Å²) in [5.41, 5.74) is 0.